The molecule has 0 aliphatic carbocycles. The molecule has 1 aromatic rings. The lowest BCUT2D eigenvalue weighted by atomic mass is 10.2. The van der Waals surface area contributed by atoms with E-state index in [0.717, 1.165) is 5.69 Å². The van der Waals surface area contributed by atoms with Gasteiger partial charge in [0, 0.05) is 38.4 Å². The molecule has 0 aliphatic heterocycles. The van der Waals surface area contributed by atoms with Gasteiger partial charge >= 0.3 is 6.09 Å². The van der Waals surface area contributed by atoms with E-state index in [1.807, 2.05) is 32.9 Å². The quantitative estimate of drug-likeness (QED) is 0.819. The zero-order valence-electron chi connectivity index (χ0n) is 13.9. The zero-order valence-corrected chi connectivity index (χ0v) is 13.9. The van der Waals surface area contributed by atoms with Gasteiger partial charge in [0.25, 0.3) is 5.91 Å². The second kappa shape index (κ2) is 7.68. The summed E-state index contributed by atoms with van der Waals surface area (Å²) < 4.78 is 5.14. The van der Waals surface area contributed by atoms with Crippen molar-refractivity contribution in [2.24, 2.45) is 0 Å². The highest BCUT2D eigenvalue weighted by Crippen LogP contribution is 2.11. The van der Waals surface area contributed by atoms with Crippen molar-refractivity contribution in [2.75, 3.05) is 32.5 Å². The summed E-state index contributed by atoms with van der Waals surface area (Å²) in [5, 5.41) is 5.82. The number of rotatable bonds is 5. The second-order valence-electron chi connectivity index (χ2n) is 6.14. The van der Waals surface area contributed by atoms with Crippen molar-refractivity contribution in [3.05, 3.63) is 29.8 Å². The first-order valence-electron chi connectivity index (χ1n) is 7.21. The van der Waals surface area contributed by atoms with Gasteiger partial charge in [0.1, 0.15) is 5.60 Å². The Balaban J connectivity index is 2.41. The van der Waals surface area contributed by atoms with Gasteiger partial charge in [0.2, 0.25) is 0 Å². The molecule has 0 unspecified atom stereocenters. The minimum atomic E-state index is -0.502. The van der Waals surface area contributed by atoms with E-state index in [1.54, 1.807) is 26.2 Å². The summed E-state index contributed by atoms with van der Waals surface area (Å²) >= 11 is 0. The highest BCUT2D eigenvalue weighted by atomic mass is 16.6. The number of amides is 2. The van der Waals surface area contributed by atoms with E-state index in [-0.39, 0.29) is 5.91 Å². The Morgan fingerprint density at radius 1 is 1.18 bits per heavy atom. The minimum Gasteiger partial charge on any atom is -0.444 e. The van der Waals surface area contributed by atoms with Crippen LogP contribution in [-0.2, 0) is 4.74 Å². The van der Waals surface area contributed by atoms with Crippen LogP contribution in [0.5, 0.6) is 0 Å². The summed E-state index contributed by atoms with van der Waals surface area (Å²) in [6.45, 7) is 6.42. The standard InChI is InChI=1S/C16H25N3O3/c1-16(2,3)22-15(21)18-10-9-17-13-8-6-7-12(11-13)14(20)19(4)5/h6-8,11,17H,9-10H2,1-5H3,(H,18,21). The normalized spacial score (nSPS) is 10.8. The van der Waals surface area contributed by atoms with Crippen LogP contribution in [0.3, 0.4) is 0 Å². The van der Waals surface area contributed by atoms with Crippen LogP contribution in [0.1, 0.15) is 31.1 Å². The fraction of sp³-hybridized carbons (Fsp3) is 0.500. The maximum Gasteiger partial charge on any atom is 0.407 e. The average Bonchev–Trinajstić information content (AvgIpc) is 2.41. The number of alkyl carbamates (subject to hydrolysis) is 1. The first kappa shape index (κ1) is 17.8. The Hall–Kier alpha value is -2.24. The molecule has 0 fully saturated rings. The Morgan fingerprint density at radius 3 is 2.45 bits per heavy atom. The van der Waals surface area contributed by atoms with Gasteiger partial charge in [-0.25, -0.2) is 4.79 Å². The van der Waals surface area contributed by atoms with Gasteiger partial charge in [-0.1, -0.05) is 6.07 Å². The van der Waals surface area contributed by atoms with E-state index in [1.165, 1.54) is 4.90 Å². The predicted octanol–water partition coefficient (Wildman–Crippen LogP) is 2.33. The molecule has 0 aromatic heterocycles. The van der Waals surface area contributed by atoms with E-state index < -0.39 is 11.7 Å². The van der Waals surface area contributed by atoms with Crippen LogP contribution in [-0.4, -0.2) is 49.7 Å². The predicted molar refractivity (Wildman–Crippen MR) is 87.2 cm³/mol. The molecule has 1 aromatic carbocycles. The molecule has 6 nitrogen and oxygen atoms in total. The van der Waals surface area contributed by atoms with E-state index in [9.17, 15) is 9.59 Å². The van der Waals surface area contributed by atoms with Crippen molar-refractivity contribution in [3.8, 4) is 0 Å². The molecule has 2 N–H and O–H groups in total. The van der Waals surface area contributed by atoms with Gasteiger partial charge in [0.15, 0.2) is 0 Å². The molecule has 0 heterocycles. The zero-order chi connectivity index (χ0) is 16.8. The van der Waals surface area contributed by atoms with Gasteiger partial charge in [-0.3, -0.25) is 4.79 Å². The summed E-state index contributed by atoms with van der Waals surface area (Å²) in [5.74, 6) is -0.0458. The SMILES string of the molecule is CN(C)C(=O)c1cccc(NCCNC(=O)OC(C)(C)C)c1. The van der Waals surface area contributed by atoms with Crippen molar-refractivity contribution in [2.45, 2.75) is 26.4 Å². The fourth-order valence-electron chi connectivity index (χ4n) is 1.71. The van der Waals surface area contributed by atoms with Gasteiger partial charge < -0.3 is 20.3 Å². The largest absolute Gasteiger partial charge is 0.444 e. The summed E-state index contributed by atoms with van der Waals surface area (Å²) in [4.78, 5) is 24.9. The third-order valence-corrected chi connectivity index (χ3v) is 2.64. The molecule has 2 amide bonds. The first-order chi connectivity index (χ1) is 10.2. The molecular weight excluding hydrogens is 282 g/mol. The van der Waals surface area contributed by atoms with Crippen LogP contribution in [0.15, 0.2) is 24.3 Å². The second-order valence-corrected chi connectivity index (χ2v) is 6.14. The number of carbonyl (C=O) groups excluding carboxylic acids is 2. The summed E-state index contributed by atoms with van der Waals surface area (Å²) in [6.07, 6.45) is -0.439. The monoisotopic (exact) mass is 307 g/mol. The highest BCUT2D eigenvalue weighted by Gasteiger charge is 2.15. The Morgan fingerprint density at radius 2 is 1.86 bits per heavy atom. The highest BCUT2D eigenvalue weighted by molar-refractivity contribution is 5.94. The van der Waals surface area contributed by atoms with E-state index in [0.29, 0.717) is 18.7 Å². The van der Waals surface area contributed by atoms with Crippen LogP contribution in [0, 0.1) is 0 Å². The van der Waals surface area contributed by atoms with Crippen molar-refractivity contribution in [1.29, 1.82) is 0 Å². The van der Waals surface area contributed by atoms with Crippen molar-refractivity contribution < 1.29 is 14.3 Å². The lowest BCUT2D eigenvalue weighted by molar-refractivity contribution is 0.0530. The number of hydrogen-bond donors (Lipinski definition) is 2. The van der Waals surface area contributed by atoms with Crippen LogP contribution >= 0.6 is 0 Å². The molecule has 22 heavy (non-hydrogen) atoms. The van der Waals surface area contributed by atoms with Crippen LogP contribution < -0.4 is 10.6 Å². The Labute approximate surface area is 131 Å². The van der Waals surface area contributed by atoms with E-state index in [4.69, 9.17) is 4.74 Å². The van der Waals surface area contributed by atoms with Gasteiger partial charge in [-0.05, 0) is 39.0 Å². The molecule has 0 saturated carbocycles. The molecule has 0 spiro atoms. The molecule has 0 saturated heterocycles. The lowest BCUT2D eigenvalue weighted by Crippen LogP contribution is -2.35. The van der Waals surface area contributed by atoms with Crippen LogP contribution in [0.25, 0.3) is 0 Å². The maximum absolute atomic E-state index is 11.9. The van der Waals surface area contributed by atoms with Gasteiger partial charge in [-0.2, -0.15) is 0 Å². The van der Waals surface area contributed by atoms with E-state index >= 15 is 0 Å². The molecule has 6 heteroatoms. The third-order valence-electron chi connectivity index (χ3n) is 2.64. The summed E-state index contributed by atoms with van der Waals surface area (Å²) in [5.41, 5.74) is 0.951. The van der Waals surface area contributed by atoms with Gasteiger partial charge in [0.05, 0.1) is 0 Å². The van der Waals surface area contributed by atoms with E-state index in [2.05, 4.69) is 10.6 Å². The maximum atomic E-state index is 11.9. The molecule has 0 aliphatic rings. The first-order valence-corrected chi connectivity index (χ1v) is 7.21. The number of benzene rings is 1. The molecule has 1 rings (SSSR count). The van der Waals surface area contributed by atoms with Crippen molar-refractivity contribution in [1.82, 2.24) is 10.2 Å². The molecular formula is C16H25N3O3. The molecule has 0 radical (unpaired) electrons. The van der Waals surface area contributed by atoms with Crippen molar-refractivity contribution >= 4 is 17.7 Å². The summed E-state index contributed by atoms with van der Waals surface area (Å²) in [6, 6.07) is 7.25. The number of ether oxygens (including phenoxy) is 1. The topological polar surface area (TPSA) is 70.7 Å². The summed E-state index contributed by atoms with van der Waals surface area (Å²) in [7, 11) is 3.43. The average molecular weight is 307 g/mol. The number of anilines is 1. The Bertz CT molecular complexity index is 522. The smallest absolute Gasteiger partial charge is 0.407 e. The number of nitrogens with one attached hydrogen (secondary N) is 2. The molecule has 0 bridgehead atoms. The fourth-order valence-corrected chi connectivity index (χ4v) is 1.71. The number of carbonyl (C=O) groups is 2. The van der Waals surface area contributed by atoms with Crippen LogP contribution in [0.2, 0.25) is 0 Å². The minimum absolute atomic E-state index is 0.0458. The van der Waals surface area contributed by atoms with Crippen molar-refractivity contribution in [3.63, 3.8) is 0 Å². The van der Waals surface area contributed by atoms with Gasteiger partial charge in [-0.15, -0.1) is 0 Å². The number of nitrogens with zero attached hydrogens (tertiary/aromatic N) is 1. The number of hydrogen-bond acceptors (Lipinski definition) is 4. The molecule has 122 valence electrons. The Kier molecular flexibility index (Phi) is 6.22. The van der Waals surface area contributed by atoms with Crippen LogP contribution in [0.4, 0.5) is 10.5 Å². The molecule has 0 atom stereocenters. The lowest BCUT2D eigenvalue weighted by Gasteiger charge is -2.19. The third kappa shape index (κ3) is 6.47.